The second kappa shape index (κ2) is 5.45. The third-order valence-electron chi connectivity index (χ3n) is 2.63. The van der Waals surface area contributed by atoms with Gasteiger partial charge in [-0.3, -0.25) is 4.90 Å². The first kappa shape index (κ1) is 17.1. The fourth-order valence-corrected chi connectivity index (χ4v) is 1.54. The van der Waals surface area contributed by atoms with Gasteiger partial charge in [0.15, 0.2) is 0 Å². The highest BCUT2D eigenvalue weighted by Crippen LogP contribution is 2.38. The average Bonchev–Trinajstić information content (AvgIpc) is 2.34. The van der Waals surface area contributed by atoms with E-state index in [-0.39, 0.29) is 6.07 Å². The normalized spacial score (nSPS) is 12.2. The molecule has 0 saturated carbocycles. The summed E-state index contributed by atoms with van der Waals surface area (Å²) in [5, 5.41) is 0. The van der Waals surface area contributed by atoms with E-state index in [0.717, 1.165) is 11.9 Å². The maximum Gasteiger partial charge on any atom is 0.416 e. The molecule has 3 nitrogen and oxygen atoms in total. The van der Waals surface area contributed by atoms with Crippen molar-refractivity contribution in [2.24, 2.45) is 0 Å². The van der Waals surface area contributed by atoms with Crippen molar-refractivity contribution >= 4 is 11.7 Å². The summed E-state index contributed by atoms with van der Waals surface area (Å²) in [5.74, 6) is 0. The van der Waals surface area contributed by atoms with Crippen molar-refractivity contribution in [1.29, 1.82) is 0 Å². The molecule has 0 unspecified atom stereocenters. The molecule has 0 aliphatic carbocycles. The van der Waals surface area contributed by atoms with Crippen molar-refractivity contribution < 1.29 is 31.1 Å². The van der Waals surface area contributed by atoms with E-state index in [1.807, 2.05) is 0 Å². The van der Waals surface area contributed by atoms with E-state index in [9.17, 15) is 31.1 Å². The van der Waals surface area contributed by atoms with Gasteiger partial charge in [0.2, 0.25) is 0 Å². The second-order valence-corrected chi connectivity index (χ2v) is 4.50. The number of rotatable bonds is 1. The van der Waals surface area contributed by atoms with Crippen molar-refractivity contribution in [3.05, 3.63) is 29.3 Å². The Morgan fingerprint density at radius 3 is 1.52 bits per heavy atom. The molecule has 0 aliphatic rings. The Labute approximate surface area is 116 Å². The van der Waals surface area contributed by atoms with Gasteiger partial charge in [0, 0.05) is 26.8 Å². The van der Waals surface area contributed by atoms with Crippen LogP contribution in [0.1, 0.15) is 11.1 Å². The van der Waals surface area contributed by atoms with Crippen LogP contribution in [0, 0.1) is 0 Å². The fourth-order valence-electron chi connectivity index (χ4n) is 1.54. The fraction of sp³-hybridized carbons (Fsp3) is 0.417. The Kier molecular flexibility index (Phi) is 4.45. The number of carbonyl (C=O) groups excluding carboxylic acids is 1. The van der Waals surface area contributed by atoms with Crippen molar-refractivity contribution in [2.75, 3.05) is 26.0 Å². The molecule has 0 spiro atoms. The minimum atomic E-state index is -4.95. The first-order chi connectivity index (χ1) is 9.34. The van der Waals surface area contributed by atoms with Gasteiger partial charge < -0.3 is 4.90 Å². The molecule has 0 aliphatic heterocycles. The van der Waals surface area contributed by atoms with Gasteiger partial charge in [0.05, 0.1) is 11.1 Å². The highest BCUT2D eigenvalue weighted by Gasteiger charge is 2.37. The maximum absolute atomic E-state index is 12.7. The summed E-state index contributed by atoms with van der Waals surface area (Å²) < 4.78 is 76.1. The summed E-state index contributed by atoms with van der Waals surface area (Å²) in [5.41, 5.74) is -3.42. The number of amides is 2. The first-order valence-corrected chi connectivity index (χ1v) is 5.58. The highest BCUT2D eigenvalue weighted by molar-refractivity contribution is 5.91. The molecule has 0 bridgehead atoms. The predicted molar refractivity (Wildman–Crippen MR) is 63.9 cm³/mol. The molecule has 0 heterocycles. The van der Waals surface area contributed by atoms with E-state index in [4.69, 9.17) is 0 Å². The number of alkyl halides is 6. The summed E-state index contributed by atoms with van der Waals surface area (Å²) in [6.07, 6.45) is -9.89. The summed E-state index contributed by atoms with van der Waals surface area (Å²) in [6, 6.07) is 0.257. The van der Waals surface area contributed by atoms with Crippen molar-refractivity contribution in [2.45, 2.75) is 12.4 Å². The number of carbonyl (C=O) groups is 1. The van der Waals surface area contributed by atoms with Gasteiger partial charge in [-0.2, -0.15) is 26.3 Å². The van der Waals surface area contributed by atoms with E-state index < -0.39 is 35.2 Å². The van der Waals surface area contributed by atoms with Crippen LogP contribution in [0.5, 0.6) is 0 Å². The highest BCUT2D eigenvalue weighted by atomic mass is 19.4. The molecular weight excluding hydrogens is 302 g/mol. The summed E-state index contributed by atoms with van der Waals surface area (Å²) in [7, 11) is 3.76. The quantitative estimate of drug-likeness (QED) is 0.722. The molecule has 2 amide bonds. The van der Waals surface area contributed by atoms with Gasteiger partial charge in [-0.1, -0.05) is 0 Å². The molecule has 0 fully saturated rings. The number of nitrogens with zero attached hydrogens (tertiary/aromatic N) is 2. The molecule has 9 heteroatoms. The molecule has 0 aromatic heterocycles. The Bertz CT molecular complexity index is 503. The molecule has 0 atom stereocenters. The molecule has 1 aromatic rings. The Morgan fingerprint density at radius 2 is 1.24 bits per heavy atom. The number of benzene rings is 1. The van der Waals surface area contributed by atoms with Gasteiger partial charge in [-0.25, -0.2) is 4.79 Å². The lowest BCUT2D eigenvalue weighted by Crippen LogP contribution is -2.36. The molecule has 118 valence electrons. The largest absolute Gasteiger partial charge is 0.416 e. The molecule has 0 radical (unpaired) electrons. The monoisotopic (exact) mass is 314 g/mol. The number of urea groups is 1. The molecular formula is C12H12F6N2O. The van der Waals surface area contributed by atoms with Crippen LogP contribution in [0.4, 0.5) is 36.8 Å². The summed E-state index contributed by atoms with van der Waals surface area (Å²) >= 11 is 0. The zero-order valence-electron chi connectivity index (χ0n) is 11.3. The van der Waals surface area contributed by atoms with Gasteiger partial charge in [-0.05, 0) is 18.2 Å². The summed E-state index contributed by atoms with van der Waals surface area (Å²) in [6.45, 7) is 0. The van der Waals surface area contributed by atoms with Crippen molar-refractivity contribution in [3.63, 3.8) is 0 Å². The minimum absolute atomic E-state index is 0.0114. The van der Waals surface area contributed by atoms with E-state index in [0.29, 0.717) is 17.0 Å². The van der Waals surface area contributed by atoms with Gasteiger partial charge in [0.1, 0.15) is 0 Å². The van der Waals surface area contributed by atoms with E-state index in [1.54, 1.807) is 0 Å². The van der Waals surface area contributed by atoms with E-state index >= 15 is 0 Å². The number of anilines is 1. The second-order valence-electron chi connectivity index (χ2n) is 4.50. The number of hydrogen-bond donors (Lipinski definition) is 0. The minimum Gasteiger partial charge on any atom is -0.330 e. The van der Waals surface area contributed by atoms with Crippen LogP contribution in [0.2, 0.25) is 0 Å². The van der Waals surface area contributed by atoms with Crippen molar-refractivity contribution in [3.8, 4) is 0 Å². The van der Waals surface area contributed by atoms with Crippen LogP contribution < -0.4 is 4.90 Å². The SMILES string of the molecule is CN(C)C(=O)N(C)c1cc(C(F)(F)F)cc(C(F)(F)F)c1. The summed E-state index contributed by atoms with van der Waals surface area (Å²) in [4.78, 5) is 13.4. The van der Waals surface area contributed by atoms with Gasteiger partial charge >= 0.3 is 18.4 Å². The Hall–Kier alpha value is -1.93. The van der Waals surface area contributed by atoms with E-state index in [2.05, 4.69) is 0 Å². The molecule has 1 aromatic carbocycles. The van der Waals surface area contributed by atoms with Gasteiger partial charge in [0.25, 0.3) is 0 Å². The predicted octanol–water partition coefficient (Wildman–Crippen LogP) is 3.84. The van der Waals surface area contributed by atoms with Crippen LogP contribution in [0.3, 0.4) is 0 Å². The van der Waals surface area contributed by atoms with Crippen LogP contribution in [-0.2, 0) is 12.4 Å². The number of halogens is 6. The van der Waals surface area contributed by atoms with Crippen molar-refractivity contribution in [1.82, 2.24) is 4.90 Å². The van der Waals surface area contributed by atoms with Crippen LogP contribution >= 0.6 is 0 Å². The zero-order chi connectivity index (χ0) is 16.6. The maximum atomic E-state index is 12.7. The average molecular weight is 314 g/mol. The first-order valence-electron chi connectivity index (χ1n) is 5.58. The number of hydrogen-bond acceptors (Lipinski definition) is 1. The van der Waals surface area contributed by atoms with E-state index in [1.165, 1.54) is 14.1 Å². The zero-order valence-corrected chi connectivity index (χ0v) is 11.3. The topological polar surface area (TPSA) is 23.6 Å². The molecule has 0 N–H and O–H groups in total. The van der Waals surface area contributed by atoms with Crippen LogP contribution in [0.15, 0.2) is 18.2 Å². The third-order valence-corrected chi connectivity index (χ3v) is 2.63. The molecule has 21 heavy (non-hydrogen) atoms. The lowest BCUT2D eigenvalue weighted by Gasteiger charge is -2.24. The standard InChI is InChI=1S/C12H12F6N2O/c1-19(2)10(21)20(3)9-5-7(11(13,14)15)4-8(6-9)12(16,17)18/h4-6H,1-3H3. The van der Waals surface area contributed by atoms with Crippen LogP contribution in [-0.4, -0.2) is 32.1 Å². The molecule has 0 saturated heterocycles. The van der Waals surface area contributed by atoms with Crippen LogP contribution in [0.25, 0.3) is 0 Å². The third kappa shape index (κ3) is 4.02. The smallest absolute Gasteiger partial charge is 0.330 e. The molecule has 1 rings (SSSR count). The lowest BCUT2D eigenvalue weighted by molar-refractivity contribution is -0.143. The lowest BCUT2D eigenvalue weighted by atomic mass is 10.1. The van der Waals surface area contributed by atoms with Gasteiger partial charge in [-0.15, -0.1) is 0 Å². The Balaban J connectivity index is 3.42. The Morgan fingerprint density at radius 1 is 0.857 bits per heavy atom.